The summed E-state index contributed by atoms with van der Waals surface area (Å²) in [5, 5.41) is 0. The Morgan fingerprint density at radius 3 is 2.41 bits per heavy atom. The van der Waals surface area contributed by atoms with Crippen LogP contribution >= 0.6 is 0 Å². The molecule has 0 N–H and O–H groups in total. The predicted octanol–water partition coefficient (Wildman–Crippen LogP) is 3.75. The van der Waals surface area contributed by atoms with Crippen molar-refractivity contribution < 1.29 is 24.2 Å². The molecule has 0 fully saturated rings. The van der Waals surface area contributed by atoms with E-state index >= 15 is 0 Å². The molecular weight excluding hydrogens is 262 g/mol. The van der Waals surface area contributed by atoms with Gasteiger partial charge in [0.05, 0.1) is 0 Å². The van der Waals surface area contributed by atoms with Gasteiger partial charge < -0.3 is 4.74 Å². The van der Waals surface area contributed by atoms with E-state index in [4.69, 9.17) is 4.74 Å². The molecule has 82 valence electrons. The van der Waals surface area contributed by atoms with E-state index in [9.17, 15) is 0 Å². The molecule has 1 unspecified atom stereocenters. The molecular formula is C15H14OZn. The third kappa shape index (κ3) is 2.58. The Morgan fingerprint density at radius 1 is 0.882 bits per heavy atom. The molecule has 3 rings (SSSR count). The van der Waals surface area contributed by atoms with Crippen LogP contribution < -0.4 is 4.74 Å². The van der Waals surface area contributed by atoms with Crippen molar-refractivity contribution in [2.45, 2.75) is 18.9 Å². The first kappa shape index (κ1) is 12.3. The molecule has 2 heteroatoms. The first-order valence-corrected chi connectivity index (χ1v) is 5.73. The van der Waals surface area contributed by atoms with Crippen molar-refractivity contribution in [1.29, 1.82) is 0 Å². The third-order valence-corrected chi connectivity index (χ3v) is 3.09. The van der Waals surface area contributed by atoms with Crippen LogP contribution in [-0.4, -0.2) is 0 Å². The first-order valence-electron chi connectivity index (χ1n) is 5.73. The van der Waals surface area contributed by atoms with Gasteiger partial charge in [-0.05, 0) is 30.0 Å². The van der Waals surface area contributed by atoms with Crippen molar-refractivity contribution in [2.75, 3.05) is 0 Å². The summed E-state index contributed by atoms with van der Waals surface area (Å²) < 4.78 is 6.02. The number of rotatable bonds is 1. The van der Waals surface area contributed by atoms with Crippen molar-refractivity contribution in [3.63, 3.8) is 0 Å². The molecule has 1 aliphatic heterocycles. The number of benzene rings is 2. The fourth-order valence-electron chi connectivity index (χ4n) is 2.23. The molecule has 0 aromatic heterocycles. The molecule has 0 radical (unpaired) electrons. The van der Waals surface area contributed by atoms with Crippen LogP contribution in [0.3, 0.4) is 0 Å². The number of hydrogen-bond acceptors (Lipinski definition) is 1. The molecule has 0 amide bonds. The zero-order valence-electron chi connectivity index (χ0n) is 9.80. The maximum atomic E-state index is 6.02. The molecule has 1 atom stereocenters. The maximum absolute atomic E-state index is 6.02. The summed E-state index contributed by atoms with van der Waals surface area (Å²) in [5.74, 6) is 1.04. The van der Waals surface area contributed by atoms with Gasteiger partial charge in [0.15, 0.2) is 0 Å². The average Bonchev–Trinajstić information content (AvgIpc) is 2.39. The average molecular weight is 276 g/mol. The SMILES string of the molecule is [Zn].c1ccc(C2CCc3ccccc3O2)cc1. The van der Waals surface area contributed by atoms with E-state index in [1.165, 1.54) is 11.1 Å². The molecule has 0 spiro atoms. The van der Waals surface area contributed by atoms with Gasteiger partial charge >= 0.3 is 0 Å². The quantitative estimate of drug-likeness (QED) is 0.720. The number of hydrogen-bond donors (Lipinski definition) is 0. The monoisotopic (exact) mass is 274 g/mol. The van der Waals surface area contributed by atoms with E-state index in [0.717, 1.165) is 18.6 Å². The van der Waals surface area contributed by atoms with Crippen LogP contribution in [0.15, 0.2) is 54.6 Å². The Bertz CT molecular complexity index is 481. The zero-order valence-corrected chi connectivity index (χ0v) is 12.8. The normalized spacial score (nSPS) is 17.5. The molecule has 2 aromatic carbocycles. The van der Waals surface area contributed by atoms with E-state index < -0.39 is 0 Å². The Labute approximate surface area is 115 Å². The Balaban J connectivity index is 0.00000108. The minimum absolute atomic E-state index is 0. The summed E-state index contributed by atoms with van der Waals surface area (Å²) in [5.41, 5.74) is 2.60. The maximum Gasteiger partial charge on any atom is 0.124 e. The Hall–Kier alpha value is -1.14. The molecule has 0 aliphatic carbocycles. The van der Waals surface area contributed by atoms with Crippen molar-refractivity contribution >= 4 is 0 Å². The van der Waals surface area contributed by atoms with Crippen molar-refractivity contribution in [1.82, 2.24) is 0 Å². The predicted molar refractivity (Wildman–Crippen MR) is 64.6 cm³/mol. The summed E-state index contributed by atoms with van der Waals surface area (Å²) in [7, 11) is 0. The van der Waals surface area contributed by atoms with E-state index in [1.807, 2.05) is 12.1 Å². The van der Waals surface area contributed by atoms with Gasteiger partial charge in [-0.2, -0.15) is 0 Å². The van der Waals surface area contributed by atoms with E-state index in [-0.39, 0.29) is 25.6 Å². The minimum atomic E-state index is 0. The molecule has 1 aliphatic rings. The fourth-order valence-corrected chi connectivity index (χ4v) is 2.23. The summed E-state index contributed by atoms with van der Waals surface area (Å²) in [4.78, 5) is 0. The number of para-hydroxylation sites is 1. The second-order valence-corrected chi connectivity index (χ2v) is 4.16. The van der Waals surface area contributed by atoms with Gasteiger partial charge in [-0.1, -0.05) is 48.5 Å². The minimum Gasteiger partial charge on any atom is -0.485 e. The molecule has 0 saturated carbocycles. The molecule has 0 saturated heterocycles. The fraction of sp³-hybridized carbons (Fsp3) is 0.200. The second kappa shape index (κ2) is 5.46. The summed E-state index contributed by atoms with van der Waals surface area (Å²) in [6, 6.07) is 18.8. The van der Waals surface area contributed by atoms with Crippen LogP contribution in [0, 0.1) is 0 Å². The summed E-state index contributed by atoms with van der Waals surface area (Å²) >= 11 is 0. The van der Waals surface area contributed by atoms with Crippen molar-refractivity contribution in [3.8, 4) is 5.75 Å². The van der Waals surface area contributed by atoms with E-state index in [1.54, 1.807) is 0 Å². The topological polar surface area (TPSA) is 9.23 Å². The van der Waals surface area contributed by atoms with Crippen LogP contribution in [0.1, 0.15) is 23.7 Å². The number of ether oxygens (including phenoxy) is 1. The Morgan fingerprint density at radius 2 is 1.59 bits per heavy atom. The van der Waals surface area contributed by atoms with Crippen LogP contribution in [0.2, 0.25) is 0 Å². The van der Waals surface area contributed by atoms with Crippen molar-refractivity contribution in [2.24, 2.45) is 0 Å². The largest absolute Gasteiger partial charge is 0.485 e. The van der Waals surface area contributed by atoms with E-state index in [2.05, 4.69) is 42.5 Å². The van der Waals surface area contributed by atoms with Crippen molar-refractivity contribution in [3.05, 3.63) is 65.7 Å². The van der Waals surface area contributed by atoms with Crippen LogP contribution in [0.5, 0.6) is 5.75 Å². The zero-order chi connectivity index (χ0) is 10.8. The third-order valence-electron chi connectivity index (χ3n) is 3.09. The van der Waals surface area contributed by atoms with Crippen LogP contribution in [0.4, 0.5) is 0 Å². The molecule has 2 aromatic rings. The van der Waals surface area contributed by atoms with Crippen LogP contribution in [0.25, 0.3) is 0 Å². The van der Waals surface area contributed by atoms with Crippen LogP contribution in [-0.2, 0) is 25.9 Å². The number of aryl methyl sites for hydroxylation is 1. The van der Waals surface area contributed by atoms with Gasteiger partial charge in [0.25, 0.3) is 0 Å². The van der Waals surface area contributed by atoms with Gasteiger partial charge in [-0.25, -0.2) is 0 Å². The van der Waals surface area contributed by atoms with Gasteiger partial charge in [-0.15, -0.1) is 0 Å². The molecule has 1 heterocycles. The smallest absolute Gasteiger partial charge is 0.124 e. The van der Waals surface area contributed by atoms with Gasteiger partial charge in [-0.3, -0.25) is 0 Å². The van der Waals surface area contributed by atoms with E-state index in [0.29, 0.717) is 0 Å². The van der Waals surface area contributed by atoms with Gasteiger partial charge in [0, 0.05) is 19.5 Å². The Kier molecular flexibility index (Phi) is 3.96. The summed E-state index contributed by atoms with van der Waals surface area (Å²) in [6.45, 7) is 0. The molecule has 1 nitrogen and oxygen atoms in total. The van der Waals surface area contributed by atoms with Gasteiger partial charge in [0.1, 0.15) is 11.9 Å². The molecule has 0 bridgehead atoms. The first-order chi connectivity index (χ1) is 7.93. The standard InChI is InChI=1S/C15H14O.Zn/c1-2-6-12(7-3-1)15-11-10-13-8-4-5-9-14(13)16-15;/h1-9,15H,10-11H2;. The second-order valence-electron chi connectivity index (χ2n) is 4.16. The summed E-state index contributed by atoms with van der Waals surface area (Å²) in [6.07, 6.45) is 2.40. The van der Waals surface area contributed by atoms with Gasteiger partial charge in [0.2, 0.25) is 0 Å². The number of fused-ring (bicyclic) bond motifs is 1. The molecule has 17 heavy (non-hydrogen) atoms.